The molecule has 4 aromatic rings. The molecule has 1 unspecified atom stereocenters. The standard InChI is InChI=1S/C23H24N6O/c1-15(2)22(30)27-18-9-10-20-19(13-18)25-14-29(20)21-11-12-24-23(28-21)26-16(3)17-7-5-4-6-8-17/h4-16H,1-3H3,(H,27,30)(H,24,26,28). The molecule has 0 bridgehead atoms. The number of rotatable bonds is 6. The summed E-state index contributed by atoms with van der Waals surface area (Å²) in [5.74, 6) is 1.16. The van der Waals surface area contributed by atoms with Crippen LogP contribution in [0.1, 0.15) is 32.4 Å². The fourth-order valence-electron chi connectivity index (χ4n) is 3.13. The summed E-state index contributed by atoms with van der Waals surface area (Å²) < 4.78 is 1.91. The van der Waals surface area contributed by atoms with E-state index in [0.717, 1.165) is 22.3 Å². The molecule has 0 aliphatic rings. The SMILES string of the molecule is CC(C)C(=O)Nc1ccc2c(c1)ncn2-c1ccnc(NC(C)c2ccccc2)n1. The van der Waals surface area contributed by atoms with Gasteiger partial charge in [0, 0.05) is 17.8 Å². The van der Waals surface area contributed by atoms with Crippen LogP contribution in [-0.4, -0.2) is 25.4 Å². The van der Waals surface area contributed by atoms with E-state index in [1.807, 2.05) is 60.9 Å². The van der Waals surface area contributed by atoms with Gasteiger partial charge in [0.2, 0.25) is 11.9 Å². The summed E-state index contributed by atoms with van der Waals surface area (Å²) in [6, 6.07) is 17.8. The number of nitrogens with one attached hydrogen (secondary N) is 2. The number of benzene rings is 2. The average molecular weight is 400 g/mol. The molecule has 0 spiro atoms. The molecular weight excluding hydrogens is 376 g/mol. The minimum Gasteiger partial charge on any atom is -0.348 e. The Bertz CT molecular complexity index is 1170. The van der Waals surface area contributed by atoms with Gasteiger partial charge < -0.3 is 10.6 Å². The maximum Gasteiger partial charge on any atom is 0.226 e. The molecule has 4 rings (SSSR count). The highest BCUT2D eigenvalue weighted by atomic mass is 16.1. The quantitative estimate of drug-likeness (QED) is 0.495. The summed E-state index contributed by atoms with van der Waals surface area (Å²) >= 11 is 0. The highest BCUT2D eigenvalue weighted by molar-refractivity contribution is 5.94. The molecule has 7 heteroatoms. The van der Waals surface area contributed by atoms with Gasteiger partial charge in [0.25, 0.3) is 0 Å². The smallest absolute Gasteiger partial charge is 0.226 e. The molecule has 2 aromatic heterocycles. The van der Waals surface area contributed by atoms with Crippen molar-refractivity contribution >= 4 is 28.6 Å². The summed E-state index contributed by atoms with van der Waals surface area (Å²) in [5.41, 5.74) is 3.57. The van der Waals surface area contributed by atoms with Crippen molar-refractivity contribution in [2.24, 2.45) is 5.92 Å². The molecular formula is C23H24N6O. The van der Waals surface area contributed by atoms with E-state index in [0.29, 0.717) is 11.8 Å². The Morgan fingerprint density at radius 3 is 2.57 bits per heavy atom. The van der Waals surface area contributed by atoms with Gasteiger partial charge in [-0.05, 0) is 36.8 Å². The predicted octanol–water partition coefficient (Wildman–Crippen LogP) is 4.58. The molecule has 0 aliphatic heterocycles. The van der Waals surface area contributed by atoms with Gasteiger partial charge in [-0.2, -0.15) is 4.98 Å². The Morgan fingerprint density at radius 1 is 1.00 bits per heavy atom. The Kier molecular flexibility index (Phi) is 5.43. The monoisotopic (exact) mass is 400 g/mol. The van der Waals surface area contributed by atoms with Crippen LogP contribution in [0.3, 0.4) is 0 Å². The van der Waals surface area contributed by atoms with E-state index in [1.165, 1.54) is 0 Å². The van der Waals surface area contributed by atoms with E-state index >= 15 is 0 Å². The van der Waals surface area contributed by atoms with Crippen LogP contribution in [-0.2, 0) is 4.79 Å². The topological polar surface area (TPSA) is 84.7 Å². The molecule has 0 saturated heterocycles. The summed E-state index contributed by atoms with van der Waals surface area (Å²) in [6.07, 6.45) is 3.46. The van der Waals surface area contributed by atoms with E-state index in [1.54, 1.807) is 12.5 Å². The molecule has 7 nitrogen and oxygen atoms in total. The fraction of sp³-hybridized carbons (Fsp3) is 0.217. The number of carbonyl (C=O) groups excluding carboxylic acids is 1. The Labute approximate surface area is 175 Å². The number of amides is 1. The average Bonchev–Trinajstić information content (AvgIpc) is 3.17. The second-order valence-electron chi connectivity index (χ2n) is 7.48. The van der Waals surface area contributed by atoms with E-state index in [9.17, 15) is 4.79 Å². The van der Waals surface area contributed by atoms with Gasteiger partial charge in [0.05, 0.1) is 17.1 Å². The van der Waals surface area contributed by atoms with Gasteiger partial charge in [0.15, 0.2) is 0 Å². The summed E-state index contributed by atoms with van der Waals surface area (Å²) in [5, 5.41) is 6.25. The number of aromatic nitrogens is 4. The zero-order valence-corrected chi connectivity index (χ0v) is 17.2. The fourth-order valence-corrected chi connectivity index (χ4v) is 3.13. The Balaban J connectivity index is 1.58. The molecule has 2 heterocycles. The number of hydrogen-bond donors (Lipinski definition) is 2. The molecule has 2 N–H and O–H groups in total. The first-order chi connectivity index (χ1) is 14.5. The number of hydrogen-bond acceptors (Lipinski definition) is 5. The maximum atomic E-state index is 11.9. The van der Waals surface area contributed by atoms with Crippen molar-refractivity contribution in [3.63, 3.8) is 0 Å². The van der Waals surface area contributed by atoms with Crippen molar-refractivity contribution in [2.75, 3.05) is 10.6 Å². The maximum absolute atomic E-state index is 11.9. The van der Waals surface area contributed by atoms with Crippen LogP contribution >= 0.6 is 0 Å². The highest BCUT2D eigenvalue weighted by Crippen LogP contribution is 2.22. The van der Waals surface area contributed by atoms with Crippen LogP contribution in [0.5, 0.6) is 0 Å². The molecule has 0 aliphatic carbocycles. The minimum atomic E-state index is -0.0801. The van der Waals surface area contributed by atoms with E-state index in [4.69, 9.17) is 0 Å². The number of nitrogens with zero attached hydrogens (tertiary/aromatic N) is 4. The molecule has 0 saturated carbocycles. The normalized spacial score (nSPS) is 12.1. The first kappa shape index (κ1) is 19.6. The number of carbonyl (C=O) groups is 1. The van der Waals surface area contributed by atoms with Crippen LogP contribution < -0.4 is 10.6 Å². The lowest BCUT2D eigenvalue weighted by molar-refractivity contribution is -0.118. The van der Waals surface area contributed by atoms with Crippen molar-refractivity contribution < 1.29 is 4.79 Å². The van der Waals surface area contributed by atoms with Gasteiger partial charge >= 0.3 is 0 Å². The molecule has 0 radical (unpaired) electrons. The van der Waals surface area contributed by atoms with E-state index < -0.39 is 0 Å². The van der Waals surface area contributed by atoms with Gasteiger partial charge in [-0.3, -0.25) is 9.36 Å². The lowest BCUT2D eigenvalue weighted by Crippen LogP contribution is -2.17. The summed E-state index contributed by atoms with van der Waals surface area (Å²) in [7, 11) is 0. The van der Waals surface area contributed by atoms with Crippen LogP contribution in [0, 0.1) is 5.92 Å². The highest BCUT2D eigenvalue weighted by Gasteiger charge is 2.12. The first-order valence-corrected chi connectivity index (χ1v) is 9.94. The lowest BCUT2D eigenvalue weighted by Gasteiger charge is -2.14. The third-order valence-corrected chi connectivity index (χ3v) is 4.87. The number of anilines is 2. The molecule has 2 aromatic carbocycles. The molecule has 0 fully saturated rings. The number of fused-ring (bicyclic) bond motifs is 1. The summed E-state index contributed by atoms with van der Waals surface area (Å²) in [4.78, 5) is 25.4. The third kappa shape index (κ3) is 4.15. The van der Waals surface area contributed by atoms with Crippen LogP contribution in [0.4, 0.5) is 11.6 Å². The van der Waals surface area contributed by atoms with Gasteiger partial charge in [0.1, 0.15) is 12.1 Å². The second kappa shape index (κ2) is 8.32. The first-order valence-electron chi connectivity index (χ1n) is 9.94. The zero-order chi connectivity index (χ0) is 21.1. The van der Waals surface area contributed by atoms with Crippen molar-refractivity contribution in [3.05, 3.63) is 72.7 Å². The minimum absolute atomic E-state index is 0.0205. The largest absolute Gasteiger partial charge is 0.348 e. The molecule has 30 heavy (non-hydrogen) atoms. The van der Waals surface area contributed by atoms with E-state index in [2.05, 4.69) is 44.6 Å². The number of imidazole rings is 1. The van der Waals surface area contributed by atoms with Gasteiger partial charge in [-0.15, -0.1) is 0 Å². The Hall–Kier alpha value is -3.74. The zero-order valence-electron chi connectivity index (χ0n) is 17.2. The van der Waals surface area contributed by atoms with Gasteiger partial charge in [-0.25, -0.2) is 9.97 Å². The van der Waals surface area contributed by atoms with Gasteiger partial charge in [-0.1, -0.05) is 44.2 Å². The summed E-state index contributed by atoms with van der Waals surface area (Å²) in [6.45, 7) is 5.80. The van der Waals surface area contributed by atoms with Crippen molar-refractivity contribution in [3.8, 4) is 5.82 Å². The van der Waals surface area contributed by atoms with E-state index in [-0.39, 0.29) is 17.9 Å². The second-order valence-corrected chi connectivity index (χ2v) is 7.48. The van der Waals surface area contributed by atoms with Crippen LogP contribution in [0.25, 0.3) is 16.9 Å². The Morgan fingerprint density at radius 2 is 1.80 bits per heavy atom. The van der Waals surface area contributed by atoms with Crippen molar-refractivity contribution in [1.29, 1.82) is 0 Å². The van der Waals surface area contributed by atoms with Crippen molar-refractivity contribution in [2.45, 2.75) is 26.8 Å². The third-order valence-electron chi connectivity index (χ3n) is 4.87. The molecule has 1 amide bonds. The predicted molar refractivity (Wildman–Crippen MR) is 119 cm³/mol. The van der Waals surface area contributed by atoms with Crippen LogP contribution in [0.2, 0.25) is 0 Å². The van der Waals surface area contributed by atoms with Crippen LogP contribution in [0.15, 0.2) is 67.1 Å². The lowest BCUT2D eigenvalue weighted by atomic mass is 10.1. The molecule has 1 atom stereocenters. The van der Waals surface area contributed by atoms with Crippen molar-refractivity contribution in [1.82, 2.24) is 19.5 Å². The molecule has 152 valence electrons.